The predicted molar refractivity (Wildman–Crippen MR) is 87.2 cm³/mol. The van der Waals surface area contributed by atoms with E-state index in [9.17, 15) is 8.42 Å². The first kappa shape index (κ1) is 16.5. The normalized spacial score (nSPS) is 11.6. The van der Waals surface area contributed by atoms with Crippen molar-refractivity contribution >= 4 is 37.6 Å². The van der Waals surface area contributed by atoms with Gasteiger partial charge in [0.15, 0.2) is 0 Å². The first-order valence-corrected chi connectivity index (χ1v) is 8.86. The Bertz CT molecular complexity index is 727. The van der Waals surface area contributed by atoms with Crippen molar-refractivity contribution in [3.8, 4) is 0 Å². The highest BCUT2D eigenvalue weighted by Crippen LogP contribution is 2.22. The van der Waals surface area contributed by atoms with Gasteiger partial charge in [-0.25, -0.2) is 0 Å². The first-order valence-electron chi connectivity index (χ1n) is 6.28. The Labute approximate surface area is 138 Å². The summed E-state index contributed by atoms with van der Waals surface area (Å²) < 4.78 is 29.9. The van der Waals surface area contributed by atoms with E-state index in [4.69, 9.17) is 15.8 Å². The third-order valence-electron chi connectivity index (χ3n) is 2.93. The quantitative estimate of drug-likeness (QED) is 0.714. The molecule has 6 heteroatoms. The monoisotopic (exact) mass is 388 g/mol. The van der Waals surface area contributed by atoms with Gasteiger partial charge in [0, 0.05) is 9.50 Å². The molecular formula is C15H14BrClO3S. The van der Waals surface area contributed by atoms with Crippen LogP contribution in [-0.4, -0.2) is 15.0 Å². The molecule has 21 heavy (non-hydrogen) atoms. The van der Waals surface area contributed by atoms with Crippen LogP contribution in [-0.2, 0) is 20.7 Å². The van der Waals surface area contributed by atoms with Crippen molar-refractivity contribution in [2.24, 2.45) is 0 Å². The van der Waals surface area contributed by atoms with Gasteiger partial charge in [0.25, 0.3) is 10.1 Å². The van der Waals surface area contributed by atoms with Crippen LogP contribution < -0.4 is 0 Å². The summed E-state index contributed by atoms with van der Waals surface area (Å²) >= 11 is 9.40. The smallest absolute Gasteiger partial charge is 0.266 e. The third-order valence-corrected chi connectivity index (χ3v) is 5.11. The Hall–Kier alpha value is -0.880. The maximum Gasteiger partial charge on any atom is 0.296 e. The summed E-state index contributed by atoms with van der Waals surface area (Å²) in [7, 11) is -3.72. The molecule has 0 spiro atoms. The summed E-state index contributed by atoms with van der Waals surface area (Å²) in [5.41, 5.74) is 1.84. The number of hydrogen-bond acceptors (Lipinski definition) is 3. The minimum Gasteiger partial charge on any atom is -0.266 e. The summed E-state index contributed by atoms with van der Waals surface area (Å²) in [6.45, 7) is 1.95. The van der Waals surface area contributed by atoms with E-state index in [2.05, 4.69) is 15.9 Å². The van der Waals surface area contributed by atoms with Crippen LogP contribution in [0, 0.1) is 6.92 Å². The van der Waals surface area contributed by atoms with Gasteiger partial charge in [-0.3, -0.25) is 4.18 Å². The molecule has 0 heterocycles. The van der Waals surface area contributed by atoms with Crippen LogP contribution in [0.2, 0.25) is 5.02 Å². The Morgan fingerprint density at radius 3 is 2.43 bits per heavy atom. The van der Waals surface area contributed by atoms with Crippen molar-refractivity contribution in [2.45, 2.75) is 18.2 Å². The van der Waals surface area contributed by atoms with E-state index in [1.807, 2.05) is 19.1 Å². The largest absolute Gasteiger partial charge is 0.296 e. The van der Waals surface area contributed by atoms with Crippen LogP contribution in [0.3, 0.4) is 0 Å². The van der Waals surface area contributed by atoms with Gasteiger partial charge in [-0.15, -0.1) is 0 Å². The number of rotatable bonds is 5. The fourth-order valence-electron chi connectivity index (χ4n) is 1.76. The number of halogens is 2. The predicted octanol–water partition coefficient (Wildman–Crippen LogP) is 4.36. The second-order valence-electron chi connectivity index (χ2n) is 4.57. The van der Waals surface area contributed by atoms with E-state index in [0.717, 1.165) is 15.6 Å². The molecule has 0 aliphatic rings. The average Bonchev–Trinajstić information content (AvgIpc) is 2.41. The van der Waals surface area contributed by atoms with Crippen molar-refractivity contribution in [1.29, 1.82) is 0 Å². The van der Waals surface area contributed by atoms with Crippen molar-refractivity contribution in [1.82, 2.24) is 0 Å². The maximum atomic E-state index is 12.0. The summed E-state index contributed by atoms with van der Waals surface area (Å²) in [4.78, 5) is 0.162. The Morgan fingerprint density at radius 1 is 1.14 bits per heavy atom. The summed E-state index contributed by atoms with van der Waals surface area (Å²) in [5.74, 6) is 0. The third kappa shape index (κ3) is 4.54. The van der Waals surface area contributed by atoms with Gasteiger partial charge in [0.05, 0.1) is 11.5 Å². The number of aryl methyl sites for hydroxylation is 1. The van der Waals surface area contributed by atoms with Gasteiger partial charge in [0.1, 0.15) is 0 Å². The molecule has 0 aliphatic heterocycles. The van der Waals surface area contributed by atoms with Gasteiger partial charge in [0.2, 0.25) is 0 Å². The van der Waals surface area contributed by atoms with Gasteiger partial charge in [-0.1, -0.05) is 51.3 Å². The molecule has 0 aromatic heterocycles. The van der Waals surface area contributed by atoms with E-state index in [1.54, 1.807) is 18.2 Å². The standard InChI is InChI=1S/C15H14BrClO3S/c1-11-2-6-14(7-3-11)21(18,19)20-9-8-12-4-5-13(16)10-15(12)17/h2-7,10H,8-9H2,1H3. The zero-order valence-electron chi connectivity index (χ0n) is 11.3. The first-order chi connectivity index (χ1) is 9.88. The molecule has 0 radical (unpaired) electrons. The van der Waals surface area contributed by atoms with Crippen LogP contribution in [0.15, 0.2) is 51.8 Å². The zero-order chi connectivity index (χ0) is 15.5. The Balaban J connectivity index is 2.00. The van der Waals surface area contributed by atoms with Gasteiger partial charge in [-0.2, -0.15) is 8.42 Å². The van der Waals surface area contributed by atoms with Crippen molar-refractivity contribution < 1.29 is 12.6 Å². The van der Waals surface area contributed by atoms with E-state index in [0.29, 0.717) is 11.4 Å². The Morgan fingerprint density at radius 2 is 1.81 bits per heavy atom. The molecule has 0 saturated carbocycles. The van der Waals surface area contributed by atoms with Gasteiger partial charge >= 0.3 is 0 Å². The summed E-state index contributed by atoms with van der Waals surface area (Å²) in [5, 5.41) is 0.584. The fraction of sp³-hybridized carbons (Fsp3) is 0.200. The minimum absolute atomic E-state index is 0.0531. The molecule has 0 N–H and O–H groups in total. The molecule has 112 valence electrons. The van der Waals surface area contributed by atoms with E-state index < -0.39 is 10.1 Å². The topological polar surface area (TPSA) is 43.4 Å². The highest BCUT2D eigenvalue weighted by molar-refractivity contribution is 9.10. The molecule has 0 saturated heterocycles. The molecule has 0 unspecified atom stereocenters. The lowest BCUT2D eigenvalue weighted by molar-refractivity contribution is 0.322. The number of benzene rings is 2. The molecule has 0 fully saturated rings. The summed E-state index contributed by atoms with van der Waals surface area (Å²) in [6, 6.07) is 12.0. The molecule has 0 amide bonds. The minimum atomic E-state index is -3.72. The SMILES string of the molecule is Cc1ccc(S(=O)(=O)OCCc2ccc(Br)cc2Cl)cc1. The van der Waals surface area contributed by atoms with Crippen molar-refractivity contribution in [3.63, 3.8) is 0 Å². The van der Waals surface area contributed by atoms with Gasteiger partial charge < -0.3 is 0 Å². The Kier molecular flexibility index (Phi) is 5.43. The van der Waals surface area contributed by atoms with Crippen molar-refractivity contribution in [2.75, 3.05) is 6.61 Å². The average molecular weight is 390 g/mol. The highest BCUT2D eigenvalue weighted by Gasteiger charge is 2.14. The molecule has 3 nitrogen and oxygen atoms in total. The molecular weight excluding hydrogens is 376 g/mol. The number of hydrogen-bond donors (Lipinski definition) is 0. The molecule has 2 aromatic carbocycles. The lowest BCUT2D eigenvalue weighted by atomic mass is 10.2. The van der Waals surface area contributed by atoms with Crippen molar-refractivity contribution in [3.05, 3.63) is 63.1 Å². The van der Waals surface area contributed by atoms with Crippen LogP contribution >= 0.6 is 27.5 Å². The van der Waals surface area contributed by atoms with E-state index >= 15 is 0 Å². The fourth-order valence-corrected chi connectivity index (χ4v) is 3.43. The summed E-state index contributed by atoms with van der Waals surface area (Å²) in [6.07, 6.45) is 0.428. The zero-order valence-corrected chi connectivity index (χ0v) is 14.5. The van der Waals surface area contributed by atoms with E-state index in [-0.39, 0.29) is 11.5 Å². The van der Waals surface area contributed by atoms with Crippen LogP contribution in [0.4, 0.5) is 0 Å². The lowest BCUT2D eigenvalue weighted by Crippen LogP contribution is -2.09. The molecule has 2 rings (SSSR count). The maximum absolute atomic E-state index is 12.0. The van der Waals surface area contributed by atoms with Crippen LogP contribution in [0.25, 0.3) is 0 Å². The van der Waals surface area contributed by atoms with E-state index in [1.165, 1.54) is 12.1 Å². The van der Waals surface area contributed by atoms with Gasteiger partial charge in [-0.05, 0) is 43.2 Å². The second kappa shape index (κ2) is 6.92. The molecule has 0 bridgehead atoms. The van der Waals surface area contributed by atoms with Crippen LogP contribution in [0.1, 0.15) is 11.1 Å². The lowest BCUT2D eigenvalue weighted by Gasteiger charge is -2.07. The second-order valence-corrected chi connectivity index (χ2v) is 7.51. The molecule has 2 aromatic rings. The highest BCUT2D eigenvalue weighted by atomic mass is 79.9. The molecule has 0 atom stereocenters. The van der Waals surface area contributed by atoms with Crippen LogP contribution in [0.5, 0.6) is 0 Å². The molecule has 0 aliphatic carbocycles.